The summed E-state index contributed by atoms with van der Waals surface area (Å²) in [5.74, 6) is 1.61. The highest BCUT2D eigenvalue weighted by atomic mass is 16.5. The summed E-state index contributed by atoms with van der Waals surface area (Å²) >= 11 is 0. The van der Waals surface area contributed by atoms with Crippen molar-refractivity contribution in [2.24, 2.45) is 34.6 Å². The lowest BCUT2D eigenvalue weighted by Gasteiger charge is -2.37. The number of carbonyl (C=O) groups is 1. The van der Waals surface area contributed by atoms with Crippen LogP contribution in [0.4, 0.5) is 0 Å². The zero-order valence-corrected chi connectivity index (χ0v) is 15.4. The number of rotatable bonds is 5. The van der Waals surface area contributed by atoms with Crippen LogP contribution in [0.15, 0.2) is 16.3 Å². The zero-order chi connectivity index (χ0) is 17.8. The third-order valence-corrected chi connectivity index (χ3v) is 6.65. The van der Waals surface area contributed by atoms with E-state index in [9.17, 15) is 10.1 Å². The van der Waals surface area contributed by atoms with Crippen molar-refractivity contribution in [3.63, 3.8) is 0 Å². The normalized spacial score (nSPS) is 35.9. The van der Waals surface area contributed by atoms with Crippen LogP contribution >= 0.6 is 0 Å². The van der Waals surface area contributed by atoms with Crippen molar-refractivity contribution in [2.75, 3.05) is 6.61 Å². The number of allylic oxidation sites excluding steroid dienone is 2. The molecule has 5 unspecified atom stereocenters. The van der Waals surface area contributed by atoms with Crippen LogP contribution in [0, 0.1) is 40.9 Å². The highest BCUT2D eigenvalue weighted by Crippen LogP contribution is 2.59. The Morgan fingerprint density at radius 1 is 1.24 bits per heavy atom. The Hall–Kier alpha value is -1.63. The molecule has 0 spiro atoms. The maximum atomic E-state index is 12.8. The smallest absolute Gasteiger partial charge is 0.309 e. The van der Waals surface area contributed by atoms with E-state index in [0.717, 1.165) is 38.5 Å². The summed E-state index contributed by atoms with van der Waals surface area (Å²) < 4.78 is 5.60. The summed E-state index contributed by atoms with van der Waals surface area (Å²) in [5, 5.41) is 9.55. The third kappa shape index (κ3) is 3.38. The fourth-order valence-electron chi connectivity index (χ4n) is 5.71. The van der Waals surface area contributed by atoms with Crippen LogP contribution in [-0.4, -0.2) is 19.3 Å². The molecule has 3 fully saturated rings. The highest BCUT2D eigenvalue weighted by Gasteiger charge is 2.54. The molecule has 0 saturated heterocycles. The molecule has 0 N–H and O–H groups in total. The Labute approximate surface area is 151 Å². The van der Waals surface area contributed by atoms with Crippen LogP contribution < -0.4 is 0 Å². The molecule has 3 aliphatic rings. The van der Waals surface area contributed by atoms with Gasteiger partial charge in [0, 0.05) is 0 Å². The number of aliphatic imine (C=N–C) groups is 1. The SMILES string of the molecule is C=N/C(C#N)=C1\C2CCCCC2C2C(C(=O)OCCCC)CCCC12. The molecule has 0 bridgehead atoms. The van der Waals surface area contributed by atoms with Crippen molar-refractivity contribution >= 4 is 12.7 Å². The second-order valence-electron chi connectivity index (χ2n) is 7.87. The van der Waals surface area contributed by atoms with Gasteiger partial charge < -0.3 is 4.74 Å². The van der Waals surface area contributed by atoms with E-state index in [-0.39, 0.29) is 11.9 Å². The summed E-state index contributed by atoms with van der Waals surface area (Å²) in [5.41, 5.74) is 1.75. The lowest BCUT2D eigenvalue weighted by Crippen LogP contribution is -2.36. The molecule has 4 nitrogen and oxygen atoms in total. The number of hydrogen-bond donors (Lipinski definition) is 0. The largest absolute Gasteiger partial charge is 0.465 e. The van der Waals surface area contributed by atoms with E-state index in [1.165, 1.54) is 24.8 Å². The van der Waals surface area contributed by atoms with Gasteiger partial charge >= 0.3 is 5.97 Å². The Bertz CT molecular complexity index is 589. The van der Waals surface area contributed by atoms with Crippen LogP contribution in [0.1, 0.15) is 64.7 Å². The Morgan fingerprint density at radius 2 is 2.00 bits per heavy atom. The standard InChI is InChI=1S/C21H30N2O2/c1-3-4-12-25-21(24)17-11-7-10-16-19(17)14-8-5-6-9-15(14)20(16)18(13-22)23-2/h14-17,19H,2-12H2,1H3/b20-18+. The van der Waals surface area contributed by atoms with Gasteiger partial charge in [-0.1, -0.05) is 32.6 Å². The molecule has 3 aliphatic carbocycles. The maximum absolute atomic E-state index is 12.8. The molecule has 136 valence electrons. The molecule has 0 aromatic carbocycles. The number of nitriles is 1. The van der Waals surface area contributed by atoms with Crippen LogP contribution in [0.3, 0.4) is 0 Å². The van der Waals surface area contributed by atoms with Crippen LogP contribution in [0.25, 0.3) is 0 Å². The number of unbranched alkanes of at least 4 members (excludes halogenated alkanes) is 1. The quantitative estimate of drug-likeness (QED) is 0.316. The number of hydrogen-bond acceptors (Lipinski definition) is 4. The molecular weight excluding hydrogens is 312 g/mol. The fraction of sp³-hybridized carbons (Fsp3) is 0.762. The molecule has 0 radical (unpaired) electrons. The van der Waals surface area contributed by atoms with Crippen molar-refractivity contribution in [2.45, 2.75) is 64.7 Å². The van der Waals surface area contributed by atoms with E-state index in [4.69, 9.17) is 4.74 Å². The molecular formula is C21H30N2O2. The number of fused-ring (bicyclic) bond motifs is 3. The van der Waals surface area contributed by atoms with Gasteiger partial charge in [0.05, 0.1) is 12.5 Å². The summed E-state index contributed by atoms with van der Waals surface area (Å²) in [4.78, 5) is 16.8. The van der Waals surface area contributed by atoms with E-state index < -0.39 is 0 Å². The monoisotopic (exact) mass is 342 g/mol. The van der Waals surface area contributed by atoms with Gasteiger partial charge in [0.1, 0.15) is 11.8 Å². The van der Waals surface area contributed by atoms with Gasteiger partial charge in [-0.2, -0.15) is 5.26 Å². The minimum atomic E-state index is -0.00112. The highest BCUT2D eigenvalue weighted by molar-refractivity contribution is 5.73. The predicted molar refractivity (Wildman–Crippen MR) is 97.8 cm³/mol. The first-order valence-corrected chi connectivity index (χ1v) is 10.00. The van der Waals surface area contributed by atoms with E-state index >= 15 is 0 Å². The van der Waals surface area contributed by atoms with Crippen molar-refractivity contribution in [3.05, 3.63) is 11.3 Å². The average molecular weight is 342 g/mol. The molecule has 0 aliphatic heterocycles. The summed E-state index contributed by atoms with van der Waals surface area (Å²) in [6.45, 7) is 6.28. The molecule has 3 rings (SSSR count). The first-order valence-electron chi connectivity index (χ1n) is 10.00. The minimum Gasteiger partial charge on any atom is -0.465 e. The van der Waals surface area contributed by atoms with Gasteiger partial charge in [0.15, 0.2) is 0 Å². The second kappa shape index (κ2) is 8.17. The van der Waals surface area contributed by atoms with Crippen LogP contribution in [0.5, 0.6) is 0 Å². The van der Waals surface area contributed by atoms with Crippen molar-refractivity contribution in [3.8, 4) is 6.07 Å². The van der Waals surface area contributed by atoms with E-state index in [0.29, 0.717) is 36.0 Å². The van der Waals surface area contributed by atoms with Crippen LogP contribution in [-0.2, 0) is 9.53 Å². The van der Waals surface area contributed by atoms with Gasteiger partial charge in [-0.25, -0.2) is 0 Å². The Morgan fingerprint density at radius 3 is 2.72 bits per heavy atom. The minimum absolute atomic E-state index is 0.00112. The second-order valence-corrected chi connectivity index (χ2v) is 7.87. The Kier molecular flexibility index (Phi) is 5.93. The van der Waals surface area contributed by atoms with Gasteiger partial charge in [-0.05, 0) is 68.1 Å². The number of carbonyl (C=O) groups excluding carboxylic acids is 1. The Balaban J connectivity index is 1.89. The predicted octanol–water partition coefficient (Wildman–Crippen LogP) is 4.66. The first kappa shape index (κ1) is 18.2. The maximum Gasteiger partial charge on any atom is 0.309 e. The summed E-state index contributed by atoms with van der Waals surface area (Å²) in [7, 11) is 0. The molecule has 5 atom stereocenters. The molecule has 0 heterocycles. The molecule has 0 amide bonds. The zero-order valence-electron chi connectivity index (χ0n) is 15.4. The molecule has 4 heteroatoms. The van der Waals surface area contributed by atoms with E-state index in [2.05, 4.69) is 24.7 Å². The molecule has 3 saturated carbocycles. The number of esters is 1. The van der Waals surface area contributed by atoms with Gasteiger partial charge in [0.2, 0.25) is 0 Å². The topological polar surface area (TPSA) is 62.5 Å². The average Bonchev–Trinajstić information content (AvgIpc) is 2.98. The van der Waals surface area contributed by atoms with Crippen molar-refractivity contribution < 1.29 is 9.53 Å². The number of nitrogens with zero attached hydrogens (tertiary/aromatic N) is 2. The molecule has 25 heavy (non-hydrogen) atoms. The van der Waals surface area contributed by atoms with Crippen LogP contribution in [0.2, 0.25) is 0 Å². The lowest BCUT2D eigenvalue weighted by molar-refractivity contribution is -0.153. The molecule has 0 aromatic heterocycles. The fourth-order valence-corrected chi connectivity index (χ4v) is 5.71. The summed E-state index contributed by atoms with van der Waals surface area (Å²) in [6, 6.07) is 2.28. The van der Waals surface area contributed by atoms with Gasteiger partial charge in [-0.3, -0.25) is 9.79 Å². The number of ether oxygens (including phenoxy) is 1. The van der Waals surface area contributed by atoms with Crippen molar-refractivity contribution in [1.29, 1.82) is 5.26 Å². The lowest BCUT2D eigenvalue weighted by atomic mass is 9.68. The first-order chi connectivity index (χ1) is 12.2. The van der Waals surface area contributed by atoms with Gasteiger partial charge in [0.25, 0.3) is 0 Å². The van der Waals surface area contributed by atoms with Crippen molar-refractivity contribution in [1.82, 2.24) is 0 Å². The van der Waals surface area contributed by atoms with E-state index in [1.54, 1.807) is 0 Å². The summed E-state index contributed by atoms with van der Waals surface area (Å²) in [6.07, 6.45) is 9.77. The van der Waals surface area contributed by atoms with E-state index in [1.807, 2.05) is 0 Å². The molecule has 0 aromatic rings. The van der Waals surface area contributed by atoms with Gasteiger partial charge in [-0.15, -0.1) is 0 Å². The third-order valence-electron chi connectivity index (χ3n) is 6.65.